The Balaban J connectivity index is 0.000000707. The molecule has 0 atom stereocenters. The molecule has 0 bridgehead atoms. The first-order valence-electron chi connectivity index (χ1n) is 13.3. The number of nitrogens with one attached hydrogen (secondary N) is 2. The molecule has 1 aromatic heterocycles. The fraction of sp³-hybridized carbons (Fsp3) is 0.429. The molecule has 1 amide bonds. The zero-order chi connectivity index (χ0) is 33.7. The van der Waals surface area contributed by atoms with Crippen molar-refractivity contribution in [2.45, 2.75) is 50.3 Å². The Hall–Kier alpha value is -4.31. The second-order valence-electron chi connectivity index (χ2n) is 10.4. The van der Waals surface area contributed by atoms with E-state index in [1.54, 1.807) is 0 Å². The van der Waals surface area contributed by atoms with Crippen molar-refractivity contribution >= 4 is 34.5 Å². The second kappa shape index (κ2) is 13.8. The van der Waals surface area contributed by atoms with Crippen molar-refractivity contribution in [3.8, 4) is 0 Å². The Kier molecular flexibility index (Phi) is 10.8. The lowest BCUT2D eigenvalue weighted by Gasteiger charge is -2.29. The van der Waals surface area contributed by atoms with Gasteiger partial charge in [0.15, 0.2) is 0 Å². The minimum absolute atomic E-state index is 0.0213. The largest absolute Gasteiger partial charge is 0.490 e. The van der Waals surface area contributed by atoms with E-state index in [9.17, 15) is 44.3 Å². The number of alkyl halides is 9. The number of carboxylic acids is 1. The van der Waals surface area contributed by atoms with E-state index < -0.39 is 47.1 Å². The summed E-state index contributed by atoms with van der Waals surface area (Å²) in [5, 5.41) is 13.8. The maximum absolute atomic E-state index is 13.3. The first-order valence-corrected chi connectivity index (χ1v) is 13.3. The van der Waals surface area contributed by atoms with Gasteiger partial charge in [-0.05, 0) is 61.9 Å². The lowest BCUT2D eigenvalue weighted by Crippen LogP contribution is -2.35. The first-order chi connectivity index (χ1) is 20.8. The number of aromatic nitrogens is 2. The third-order valence-corrected chi connectivity index (χ3v) is 6.88. The zero-order valence-electron chi connectivity index (χ0n) is 23.7. The highest BCUT2D eigenvalue weighted by Crippen LogP contribution is 2.37. The van der Waals surface area contributed by atoms with Crippen LogP contribution in [0.5, 0.6) is 0 Å². The molecular weight excluding hydrogens is 625 g/mol. The van der Waals surface area contributed by atoms with Gasteiger partial charge in [0.1, 0.15) is 5.82 Å². The summed E-state index contributed by atoms with van der Waals surface area (Å²) in [5.74, 6) is -2.68. The average Bonchev–Trinajstić information content (AvgIpc) is 2.94. The molecule has 1 saturated carbocycles. The van der Waals surface area contributed by atoms with Crippen LogP contribution in [0.25, 0.3) is 10.9 Å². The summed E-state index contributed by atoms with van der Waals surface area (Å²) in [5.41, 5.74) is -2.94. The summed E-state index contributed by atoms with van der Waals surface area (Å²) in [6.07, 6.45) is -12.2. The van der Waals surface area contributed by atoms with Crippen molar-refractivity contribution in [2.24, 2.45) is 5.92 Å². The topological polar surface area (TPSA) is 107 Å². The van der Waals surface area contributed by atoms with Gasteiger partial charge in [0.05, 0.1) is 22.2 Å². The molecule has 45 heavy (non-hydrogen) atoms. The predicted molar refractivity (Wildman–Crippen MR) is 146 cm³/mol. The summed E-state index contributed by atoms with van der Waals surface area (Å²) in [4.78, 5) is 32.6. The van der Waals surface area contributed by atoms with E-state index in [2.05, 4.69) is 20.6 Å². The molecule has 3 N–H and O–H groups in total. The van der Waals surface area contributed by atoms with Crippen LogP contribution in [-0.4, -0.2) is 59.8 Å². The van der Waals surface area contributed by atoms with Gasteiger partial charge in [0.2, 0.25) is 5.95 Å². The van der Waals surface area contributed by atoms with E-state index in [1.807, 2.05) is 43.3 Å². The molecule has 1 heterocycles. The predicted octanol–water partition coefficient (Wildman–Crippen LogP) is 6.77. The van der Waals surface area contributed by atoms with Crippen molar-refractivity contribution in [2.75, 3.05) is 30.9 Å². The molecule has 4 rings (SSSR count). The quantitative estimate of drug-likeness (QED) is 0.252. The van der Waals surface area contributed by atoms with Gasteiger partial charge >= 0.3 is 24.5 Å². The Labute approximate surface area is 250 Å². The van der Waals surface area contributed by atoms with Crippen LogP contribution >= 0.6 is 0 Å². The normalized spacial score (nSPS) is 17.2. The number of halogens is 9. The van der Waals surface area contributed by atoms with Crippen LogP contribution in [0.4, 0.5) is 51.3 Å². The Morgan fingerprint density at radius 2 is 1.49 bits per heavy atom. The first kappa shape index (κ1) is 35.2. The van der Waals surface area contributed by atoms with Crippen LogP contribution in [0.15, 0.2) is 42.5 Å². The van der Waals surface area contributed by atoms with Crippen molar-refractivity contribution in [1.82, 2.24) is 15.3 Å². The van der Waals surface area contributed by atoms with E-state index in [4.69, 9.17) is 9.90 Å². The minimum atomic E-state index is -5.08. The van der Waals surface area contributed by atoms with Gasteiger partial charge in [-0.15, -0.1) is 0 Å². The third-order valence-electron chi connectivity index (χ3n) is 6.88. The van der Waals surface area contributed by atoms with Crippen molar-refractivity contribution in [3.63, 3.8) is 0 Å². The standard InChI is InChI=1S/C26H27F6N5O.C2HF3O2/c1-37(2)22-18-5-3-4-6-21(18)35-24(36-22)34-17-10-7-15(8-11-17)14-33-23(38)19-13-16(25(27,28)29)9-12-20(19)26(30,31)32;3-2(4,5)1(6)7/h3-6,9,12-13,15,17H,7-8,10-11,14H2,1-2H3,(H,33,38)(H,34,35,36);(H,6,7). The number of carbonyl (C=O) groups is 2. The van der Waals surface area contributed by atoms with E-state index in [0.717, 1.165) is 16.7 Å². The number of para-hydroxylation sites is 1. The van der Waals surface area contributed by atoms with Crippen molar-refractivity contribution in [3.05, 3.63) is 59.2 Å². The van der Waals surface area contributed by atoms with E-state index in [1.165, 1.54) is 0 Å². The van der Waals surface area contributed by atoms with Gasteiger partial charge in [-0.3, -0.25) is 4.79 Å². The Morgan fingerprint density at radius 1 is 0.889 bits per heavy atom. The third kappa shape index (κ3) is 9.59. The highest BCUT2D eigenvalue weighted by molar-refractivity contribution is 5.96. The fourth-order valence-electron chi connectivity index (χ4n) is 4.65. The molecule has 1 aliphatic carbocycles. The molecular formula is C28H28F9N5O3. The number of aliphatic carboxylic acids is 1. The Bertz CT molecular complexity index is 1500. The highest BCUT2D eigenvalue weighted by Gasteiger charge is 2.39. The number of hydrogen-bond acceptors (Lipinski definition) is 6. The summed E-state index contributed by atoms with van der Waals surface area (Å²) in [7, 11) is 3.80. The number of rotatable bonds is 6. The molecule has 1 fully saturated rings. The van der Waals surface area contributed by atoms with E-state index in [0.29, 0.717) is 43.8 Å². The lowest BCUT2D eigenvalue weighted by molar-refractivity contribution is -0.192. The van der Waals surface area contributed by atoms with E-state index in [-0.39, 0.29) is 24.6 Å². The van der Waals surface area contributed by atoms with Gasteiger partial charge in [0, 0.05) is 32.1 Å². The van der Waals surface area contributed by atoms with Crippen LogP contribution < -0.4 is 15.5 Å². The van der Waals surface area contributed by atoms with Crippen LogP contribution in [-0.2, 0) is 17.1 Å². The summed E-state index contributed by atoms with van der Waals surface area (Å²) >= 11 is 0. The Morgan fingerprint density at radius 3 is 2.02 bits per heavy atom. The molecule has 0 spiro atoms. The number of nitrogens with zero attached hydrogens (tertiary/aromatic N) is 3. The molecule has 0 aliphatic heterocycles. The number of amides is 1. The van der Waals surface area contributed by atoms with Crippen LogP contribution in [0.2, 0.25) is 0 Å². The molecule has 246 valence electrons. The number of anilines is 2. The maximum Gasteiger partial charge on any atom is 0.490 e. The molecule has 0 saturated heterocycles. The number of benzene rings is 2. The SMILES string of the molecule is CN(C)c1nc(NC2CCC(CNC(=O)c3cc(C(F)(F)F)ccc3C(F)(F)F)CC2)nc2ccccc12.O=C(O)C(F)(F)F. The van der Waals surface area contributed by atoms with Crippen LogP contribution in [0, 0.1) is 5.92 Å². The van der Waals surface area contributed by atoms with Crippen molar-refractivity contribution in [1.29, 1.82) is 0 Å². The number of hydrogen-bond donors (Lipinski definition) is 3. The van der Waals surface area contributed by atoms with Gasteiger partial charge in [0.25, 0.3) is 5.91 Å². The zero-order valence-corrected chi connectivity index (χ0v) is 23.7. The van der Waals surface area contributed by atoms with Gasteiger partial charge < -0.3 is 20.6 Å². The van der Waals surface area contributed by atoms with Crippen LogP contribution in [0.3, 0.4) is 0 Å². The molecule has 8 nitrogen and oxygen atoms in total. The number of fused-ring (bicyclic) bond motifs is 1. The fourth-order valence-corrected chi connectivity index (χ4v) is 4.65. The average molecular weight is 654 g/mol. The highest BCUT2D eigenvalue weighted by atomic mass is 19.4. The van der Waals surface area contributed by atoms with Gasteiger partial charge in [-0.25, -0.2) is 9.78 Å². The van der Waals surface area contributed by atoms with E-state index >= 15 is 0 Å². The van der Waals surface area contributed by atoms with Crippen LogP contribution in [0.1, 0.15) is 47.2 Å². The second-order valence-corrected chi connectivity index (χ2v) is 10.4. The molecule has 2 aromatic carbocycles. The molecule has 0 unspecified atom stereocenters. The lowest BCUT2D eigenvalue weighted by atomic mass is 9.86. The molecule has 3 aromatic rings. The number of carbonyl (C=O) groups excluding carboxylic acids is 1. The van der Waals surface area contributed by atoms with Crippen molar-refractivity contribution < 1.29 is 54.2 Å². The maximum atomic E-state index is 13.3. The minimum Gasteiger partial charge on any atom is -0.475 e. The smallest absolute Gasteiger partial charge is 0.475 e. The molecule has 1 aliphatic rings. The molecule has 17 heteroatoms. The monoisotopic (exact) mass is 653 g/mol. The summed E-state index contributed by atoms with van der Waals surface area (Å²) < 4.78 is 111. The summed E-state index contributed by atoms with van der Waals surface area (Å²) in [6, 6.07) is 8.62. The van der Waals surface area contributed by atoms with Gasteiger partial charge in [-0.2, -0.15) is 44.5 Å². The molecule has 0 radical (unpaired) electrons. The summed E-state index contributed by atoms with van der Waals surface area (Å²) in [6.45, 7) is 0.0658. The van der Waals surface area contributed by atoms with Gasteiger partial charge in [-0.1, -0.05) is 12.1 Å². The number of carboxylic acid groups (broad SMARTS) is 1.